The first kappa shape index (κ1) is 23.2. The number of fused-ring (bicyclic) bond motifs is 2. The van der Waals surface area contributed by atoms with E-state index >= 15 is 0 Å². The van der Waals surface area contributed by atoms with E-state index in [2.05, 4.69) is 10.3 Å². The molecule has 0 unspecified atom stereocenters. The van der Waals surface area contributed by atoms with Crippen LogP contribution >= 0.6 is 0 Å². The molecule has 180 valence electrons. The average molecular weight is 479 g/mol. The first-order chi connectivity index (χ1) is 17.5. The van der Waals surface area contributed by atoms with Crippen LogP contribution < -0.4 is 14.8 Å². The predicted molar refractivity (Wildman–Crippen MR) is 144 cm³/mol. The van der Waals surface area contributed by atoms with Gasteiger partial charge in [0, 0.05) is 45.4 Å². The minimum Gasteiger partial charge on any atom is -0.497 e. The van der Waals surface area contributed by atoms with Crippen molar-refractivity contribution in [3.63, 3.8) is 0 Å². The molecule has 1 amide bonds. The molecule has 0 aliphatic rings. The van der Waals surface area contributed by atoms with E-state index in [1.165, 1.54) is 0 Å². The van der Waals surface area contributed by atoms with Crippen molar-refractivity contribution in [3.8, 4) is 22.6 Å². The summed E-state index contributed by atoms with van der Waals surface area (Å²) >= 11 is 0. The number of carbonyl (C=O) groups excluding carboxylic acids is 1. The van der Waals surface area contributed by atoms with Crippen molar-refractivity contribution >= 4 is 39.0 Å². The smallest absolute Gasteiger partial charge is 0.248 e. The summed E-state index contributed by atoms with van der Waals surface area (Å²) in [6, 6.07) is 19.3. The van der Waals surface area contributed by atoms with Gasteiger partial charge in [-0.05, 0) is 67.4 Å². The van der Waals surface area contributed by atoms with Crippen LogP contribution in [0.2, 0.25) is 0 Å². The summed E-state index contributed by atoms with van der Waals surface area (Å²) in [5.41, 5.74) is 6.72. The van der Waals surface area contributed by atoms with Crippen molar-refractivity contribution in [1.29, 1.82) is 0 Å². The summed E-state index contributed by atoms with van der Waals surface area (Å²) in [5, 5.41) is 4.85. The molecule has 0 saturated carbocycles. The summed E-state index contributed by atoms with van der Waals surface area (Å²) in [5.74, 6) is 1.22. The Balaban J connectivity index is 1.52. The van der Waals surface area contributed by atoms with Gasteiger partial charge in [-0.25, -0.2) is 0 Å². The minimum absolute atomic E-state index is 0.226. The van der Waals surface area contributed by atoms with Gasteiger partial charge in [-0.15, -0.1) is 0 Å². The van der Waals surface area contributed by atoms with Gasteiger partial charge < -0.3 is 19.2 Å². The monoisotopic (exact) mass is 478 g/mol. The van der Waals surface area contributed by atoms with E-state index in [4.69, 9.17) is 13.9 Å². The van der Waals surface area contributed by atoms with Crippen LogP contribution in [0.4, 0.5) is 5.69 Å². The number of rotatable bonds is 6. The fourth-order valence-electron chi connectivity index (χ4n) is 4.49. The highest BCUT2D eigenvalue weighted by Gasteiger charge is 2.19. The molecule has 0 bridgehead atoms. The normalized spacial score (nSPS) is 11.6. The standard InChI is InChI=1S/C30H26N2O4/c1-18(13-28(33)32-22-10-11-27-21(14-22)8-6-12-31-27)24-16-25-26(20-7-5-9-23(15-20)34-3)17-36-30(25)19(2)29(24)35-4/h5-17H,1-4H3,(H,32,33)/b18-13+. The van der Waals surface area contributed by atoms with E-state index in [0.29, 0.717) is 11.4 Å². The van der Waals surface area contributed by atoms with E-state index in [0.717, 1.165) is 55.4 Å². The van der Waals surface area contributed by atoms with Crippen LogP contribution in [0.3, 0.4) is 0 Å². The number of aryl methyl sites for hydroxylation is 1. The highest BCUT2D eigenvalue weighted by Crippen LogP contribution is 2.41. The van der Waals surface area contributed by atoms with Crippen LogP contribution in [0, 0.1) is 6.92 Å². The largest absolute Gasteiger partial charge is 0.497 e. The molecular weight excluding hydrogens is 452 g/mol. The maximum absolute atomic E-state index is 12.9. The lowest BCUT2D eigenvalue weighted by Crippen LogP contribution is -2.08. The third kappa shape index (κ3) is 4.29. The number of furan rings is 1. The average Bonchev–Trinajstić information content (AvgIpc) is 3.33. The topological polar surface area (TPSA) is 73.6 Å². The number of pyridine rings is 1. The van der Waals surface area contributed by atoms with Gasteiger partial charge in [0.1, 0.15) is 17.1 Å². The fourth-order valence-corrected chi connectivity index (χ4v) is 4.49. The first-order valence-corrected chi connectivity index (χ1v) is 11.6. The van der Waals surface area contributed by atoms with Gasteiger partial charge in [0.25, 0.3) is 0 Å². The Hall–Kier alpha value is -4.58. The Morgan fingerprint density at radius 2 is 1.89 bits per heavy atom. The van der Waals surface area contributed by atoms with Crippen LogP contribution in [0.1, 0.15) is 18.1 Å². The number of allylic oxidation sites excluding steroid dienone is 1. The fraction of sp³-hybridized carbons (Fsp3) is 0.133. The number of methoxy groups -OCH3 is 2. The van der Waals surface area contributed by atoms with E-state index in [1.807, 2.05) is 74.5 Å². The lowest BCUT2D eigenvalue weighted by atomic mass is 9.96. The molecule has 0 aliphatic carbocycles. The Morgan fingerprint density at radius 3 is 2.69 bits per heavy atom. The molecule has 5 aromatic rings. The second kappa shape index (κ2) is 9.58. The molecule has 2 heterocycles. The zero-order valence-electron chi connectivity index (χ0n) is 20.6. The Bertz CT molecular complexity index is 1630. The van der Waals surface area contributed by atoms with Crippen molar-refractivity contribution in [2.45, 2.75) is 13.8 Å². The van der Waals surface area contributed by atoms with E-state index in [-0.39, 0.29) is 5.91 Å². The number of aromatic nitrogens is 1. The van der Waals surface area contributed by atoms with E-state index < -0.39 is 0 Å². The van der Waals surface area contributed by atoms with Gasteiger partial charge in [-0.3, -0.25) is 9.78 Å². The Kier molecular flexibility index (Phi) is 6.17. The number of ether oxygens (including phenoxy) is 2. The van der Waals surface area contributed by atoms with Crippen LogP contribution in [0.5, 0.6) is 11.5 Å². The number of carbonyl (C=O) groups is 1. The first-order valence-electron chi connectivity index (χ1n) is 11.6. The molecule has 1 N–H and O–H groups in total. The highest BCUT2D eigenvalue weighted by molar-refractivity contribution is 6.06. The van der Waals surface area contributed by atoms with Gasteiger partial charge in [-0.1, -0.05) is 18.2 Å². The number of nitrogens with zero attached hydrogens (tertiary/aromatic N) is 1. The zero-order chi connectivity index (χ0) is 25.2. The molecule has 36 heavy (non-hydrogen) atoms. The van der Waals surface area contributed by atoms with Crippen molar-refractivity contribution in [3.05, 3.63) is 90.3 Å². The molecule has 0 spiro atoms. The third-order valence-electron chi connectivity index (χ3n) is 6.27. The predicted octanol–water partition coefficient (Wildman–Crippen LogP) is 7.02. The van der Waals surface area contributed by atoms with Crippen LogP contribution in [-0.2, 0) is 4.79 Å². The molecule has 0 aliphatic heterocycles. The second-order valence-electron chi connectivity index (χ2n) is 8.57. The van der Waals surface area contributed by atoms with E-state index in [1.54, 1.807) is 32.8 Å². The molecule has 3 aromatic carbocycles. The van der Waals surface area contributed by atoms with Crippen LogP contribution in [0.15, 0.2) is 83.6 Å². The number of hydrogen-bond acceptors (Lipinski definition) is 5. The van der Waals surface area contributed by atoms with Gasteiger partial charge in [0.15, 0.2) is 0 Å². The van der Waals surface area contributed by atoms with Crippen LogP contribution in [0.25, 0.3) is 38.6 Å². The summed E-state index contributed by atoms with van der Waals surface area (Å²) in [6.07, 6.45) is 5.08. The van der Waals surface area contributed by atoms with Gasteiger partial charge in [-0.2, -0.15) is 0 Å². The molecular formula is C30H26N2O4. The Morgan fingerprint density at radius 1 is 1.03 bits per heavy atom. The maximum atomic E-state index is 12.9. The number of nitrogens with one attached hydrogen (secondary N) is 1. The SMILES string of the molecule is COc1cccc(-c2coc3c(C)c(OC)c(/C(C)=C/C(=O)Nc4ccc5ncccc5c4)cc23)c1. The van der Waals surface area contributed by atoms with Crippen molar-refractivity contribution in [1.82, 2.24) is 4.98 Å². The van der Waals surface area contributed by atoms with Crippen molar-refractivity contribution in [2.75, 3.05) is 19.5 Å². The summed E-state index contributed by atoms with van der Waals surface area (Å²) in [7, 11) is 3.27. The van der Waals surface area contributed by atoms with Crippen molar-refractivity contribution < 1.29 is 18.7 Å². The second-order valence-corrected chi connectivity index (χ2v) is 8.57. The number of benzene rings is 3. The number of anilines is 1. The molecule has 0 radical (unpaired) electrons. The molecule has 5 rings (SSSR count). The van der Waals surface area contributed by atoms with Crippen LogP contribution in [-0.4, -0.2) is 25.1 Å². The minimum atomic E-state index is -0.226. The number of hydrogen-bond donors (Lipinski definition) is 1. The van der Waals surface area contributed by atoms with E-state index in [9.17, 15) is 4.79 Å². The maximum Gasteiger partial charge on any atom is 0.248 e. The summed E-state index contributed by atoms with van der Waals surface area (Å²) < 4.78 is 17.1. The van der Waals surface area contributed by atoms with Gasteiger partial charge in [0.2, 0.25) is 5.91 Å². The zero-order valence-corrected chi connectivity index (χ0v) is 20.6. The molecule has 6 nitrogen and oxygen atoms in total. The molecule has 2 aromatic heterocycles. The molecule has 0 atom stereocenters. The molecule has 6 heteroatoms. The van der Waals surface area contributed by atoms with Gasteiger partial charge >= 0.3 is 0 Å². The molecule has 0 fully saturated rings. The lowest BCUT2D eigenvalue weighted by molar-refractivity contribution is -0.111. The number of amides is 1. The summed E-state index contributed by atoms with van der Waals surface area (Å²) in [4.78, 5) is 17.2. The van der Waals surface area contributed by atoms with Gasteiger partial charge in [0.05, 0.1) is 26.0 Å². The lowest BCUT2D eigenvalue weighted by Gasteiger charge is -2.13. The van der Waals surface area contributed by atoms with Crippen molar-refractivity contribution in [2.24, 2.45) is 0 Å². The Labute approximate surface area is 209 Å². The quantitative estimate of drug-likeness (QED) is 0.266. The summed E-state index contributed by atoms with van der Waals surface area (Å²) in [6.45, 7) is 3.86. The molecule has 0 saturated heterocycles. The highest BCUT2D eigenvalue weighted by atomic mass is 16.5. The third-order valence-corrected chi connectivity index (χ3v) is 6.27.